The van der Waals surface area contributed by atoms with Crippen LogP contribution in [0.3, 0.4) is 0 Å². The Morgan fingerprint density at radius 3 is 2.81 bits per heavy atom. The van der Waals surface area contributed by atoms with Gasteiger partial charge in [0.05, 0.1) is 18.8 Å². The van der Waals surface area contributed by atoms with Gasteiger partial charge in [0.1, 0.15) is 0 Å². The number of nitrogens with zero attached hydrogens (tertiary/aromatic N) is 2. The first-order chi connectivity index (χ1) is 12.2. The maximum absolute atomic E-state index is 11.9. The van der Waals surface area contributed by atoms with E-state index in [-0.39, 0.29) is 47.5 Å². The number of piperidine rings is 1. The van der Waals surface area contributed by atoms with Crippen molar-refractivity contribution < 1.29 is 18.7 Å². The van der Waals surface area contributed by atoms with Crippen LogP contribution in [0.15, 0.2) is 27.8 Å². The number of guanidine groups is 1. The standard InChI is InChI=1S/C17H26N4O4.HI/c1-3-24-16(23)13-6-4-10-21(12-13)17(18-2)20-9-8-19-15(22)14-7-5-11-25-14;/h5,7,11,13H,3-4,6,8-10,12H2,1-2H3,(H,18,20)(H,19,22);1H. The molecule has 1 amide bonds. The lowest BCUT2D eigenvalue weighted by atomic mass is 9.98. The fourth-order valence-electron chi connectivity index (χ4n) is 2.80. The Morgan fingerprint density at radius 2 is 2.15 bits per heavy atom. The number of carbonyl (C=O) groups is 2. The third-order valence-corrected chi connectivity index (χ3v) is 3.99. The van der Waals surface area contributed by atoms with Gasteiger partial charge in [-0.05, 0) is 31.9 Å². The molecule has 1 aliphatic rings. The molecule has 9 heteroatoms. The van der Waals surface area contributed by atoms with Gasteiger partial charge in [-0.1, -0.05) is 0 Å². The summed E-state index contributed by atoms with van der Waals surface area (Å²) in [5.41, 5.74) is 0. The van der Waals surface area contributed by atoms with Crippen LogP contribution in [0.2, 0.25) is 0 Å². The number of carbonyl (C=O) groups excluding carboxylic acids is 2. The molecule has 2 rings (SSSR count). The van der Waals surface area contributed by atoms with Gasteiger partial charge in [0.15, 0.2) is 11.7 Å². The van der Waals surface area contributed by atoms with Gasteiger partial charge >= 0.3 is 5.97 Å². The number of halogens is 1. The summed E-state index contributed by atoms with van der Waals surface area (Å²) in [6, 6.07) is 3.29. The molecule has 146 valence electrons. The number of rotatable bonds is 6. The number of likely N-dealkylation sites (tertiary alicyclic amines) is 1. The number of amides is 1. The molecule has 1 unspecified atom stereocenters. The third kappa shape index (κ3) is 6.50. The highest BCUT2D eigenvalue weighted by Crippen LogP contribution is 2.17. The van der Waals surface area contributed by atoms with Gasteiger partial charge in [-0.25, -0.2) is 0 Å². The summed E-state index contributed by atoms with van der Waals surface area (Å²) < 4.78 is 10.2. The first-order valence-electron chi connectivity index (χ1n) is 8.59. The molecule has 1 aliphatic heterocycles. The molecule has 1 atom stereocenters. The Morgan fingerprint density at radius 1 is 1.38 bits per heavy atom. The predicted molar refractivity (Wildman–Crippen MR) is 109 cm³/mol. The highest BCUT2D eigenvalue weighted by Gasteiger charge is 2.28. The Kier molecular flexibility index (Phi) is 10.1. The number of nitrogens with one attached hydrogen (secondary N) is 2. The molecule has 0 saturated carbocycles. The molecule has 1 saturated heterocycles. The summed E-state index contributed by atoms with van der Waals surface area (Å²) in [7, 11) is 1.71. The maximum atomic E-state index is 11.9. The maximum Gasteiger partial charge on any atom is 0.310 e. The van der Waals surface area contributed by atoms with Crippen molar-refractivity contribution in [1.82, 2.24) is 15.5 Å². The molecule has 1 aromatic heterocycles. The summed E-state index contributed by atoms with van der Waals surface area (Å²) >= 11 is 0. The number of ether oxygens (including phenoxy) is 1. The Hall–Kier alpha value is -1.78. The molecule has 0 aromatic carbocycles. The molecule has 2 heterocycles. The van der Waals surface area contributed by atoms with E-state index in [2.05, 4.69) is 20.5 Å². The lowest BCUT2D eigenvalue weighted by molar-refractivity contribution is -0.149. The molecule has 0 aliphatic carbocycles. The van der Waals surface area contributed by atoms with Gasteiger partial charge in [0, 0.05) is 33.2 Å². The summed E-state index contributed by atoms with van der Waals surface area (Å²) in [6.07, 6.45) is 3.22. The Bertz CT molecular complexity index is 592. The minimum atomic E-state index is -0.248. The van der Waals surface area contributed by atoms with Gasteiger partial charge in [0.25, 0.3) is 5.91 Å². The monoisotopic (exact) mass is 478 g/mol. The topological polar surface area (TPSA) is 96.2 Å². The lowest BCUT2D eigenvalue weighted by Crippen LogP contribution is -2.49. The molecule has 8 nitrogen and oxygen atoms in total. The second-order valence-corrected chi connectivity index (χ2v) is 5.74. The van der Waals surface area contributed by atoms with E-state index in [0.29, 0.717) is 26.2 Å². The largest absolute Gasteiger partial charge is 0.466 e. The molecular weight excluding hydrogens is 451 g/mol. The number of hydrogen-bond acceptors (Lipinski definition) is 5. The molecule has 0 bridgehead atoms. The van der Waals surface area contributed by atoms with E-state index in [4.69, 9.17) is 9.15 Å². The van der Waals surface area contributed by atoms with Crippen molar-refractivity contribution in [3.8, 4) is 0 Å². The molecule has 0 radical (unpaired) electrons. The predicted octanol–water partition coefficient (Wildman–Crippen LogP) is 1.48. The number of esters is 1. The van der Waals surface area contributed by atoms with Crippen molar-refractivity contribution in [2.45, 2.75) is 19.8 Å². The molecular formula is C17H27IN4O4. The minimum Gasteiger partial charge on any atom is -0.466 e. The van der Waals surface area contributed by atoms with Gasteiger partial charge in [-0.3, -0.25) is 14.6 Å². The van der Waals surface area contributed by atoms with Crippen molar-refractivity contribution in [2.75, 3.05) is 39.8 Å². The van der Waals surface area contributed by atoms with E-state index in [9.17, 15) is 9.59 Å². The number of hydrogen-bond donors (Lipinski definition) is 2. The lowest BCUT2D eigenvalue weighted by Gasteiger charge is -2.33. The molecule has 2 N–H and O–H groups in total. The van der Waals surface area contributed by atoms with Crippen LogP contribution in [0.4, 0.5) is 0 Å². The van der Waals surface area contributed by atoms with Crippen LogP contribution in [0.25, 0.3) is 0 Å². The molecule has 1 fully saturated rings. The second-order valence-electron chi connectivity index (χ2n) is 5.74. The molecule has 1 aromatic rings. The van der Waals surface area contributed by atoms with Crippen molar-refractivity contribution >= 4 is 41.8 Å². The smallest absolute Gasteiger partial charge is 0.310 e. The van der Waals surface area contributed by atoms with Crippen molar-refractivity contribution in [3.05, 3.63) is 24.2 Å². The SMILES string of the molecule is CCOC(=O)C1CCCN(C(=NC)NCCNC(=O)c2ccco2)C1.I. The average Bonchev–Trinajstić information content (AvgIpc) is 3.17. The number of furan rings is 1. The Labute approximate surface area is 170 Å². The Balaban J connectivity index is 0.00000338. The van der Waals surface area contributed by atoms with Gasteiger partial charge < -0.3 is 24.7 Å². The van der Waals surface area contributed by atoms with Crippen LogP contribution in [0, 0.1) is 5.92 Å². The average molecular weight is 478 g/mol. The van der Waals surface area contributed by atoms with Crippen LogP contribution >= 0.6 is 24.0 Å². The minimum absolute atomic E-state index is 0. The second kappa shape index (κ2) is 11.8. The normalized spacial score (nSPS) is 17.2. The highest BCUT2D eigenvalue weighted by atomic mass is 127. The van der Waals surface area contributed by atoms with Crippen LogP contribution in [0.1, 0.15) is 30.3 Å². The van der Waals surface area contributed by atoms with Crippen LogP contribution in [0.5, 0.6) is 0 Å². The van der Waals surface area contributed by atoms with Crippen molar-refractivity contribution in [2.24, 2.45) is 10.9 Å². The number of aliphatic imine (C=N–C) groups is 1. The summed E-state index contributed by atoms with van der Waals surface area (Å²) in [4.78, 5) is 30.0. The quantitative estimate of drug-likeness (QED) is 0.212. The fourth-order valence-corrected chi connectivity index (χ4v) is 2.80. The van der Waals surface area contributed by atoms with Gasteiger partial charge in [-0.2, -0.15) is 0 Å². The summed E-state index contributed by atoms with van der Waals surface area (Å²) in [5.74, 6) is 0.500. The van der Waals surface area contributed by atoms with Crippen LogP contribution in [-0.2, 0) is 9.53 Å². The third-order valence-electron chi connectivity index (χ3n) is 3.99. The summed E-state index contributed by atoms with van der Waals surface area (Å²) in [6.45, 7) is 4.62. The zero-order valence-electron chi connectivity index (χ0n) is 15.2. The zero-order chi connectivity index (χ0) is 18.1. The van der Waals surface area contributed by atoms with E-state index >= 15 is 0 Å². The zero-order valence-corrected chi connectivity index (χ0v) is 17.5. The fraction of sp³-hybridized carbons (Fsp3) is 0.588. The summed E-state index contributed by atoms with van der Waals surface area (Å²) in [5, 5.41) is 5.98. The van der Waals surface area contributed by atoms with Crippen molar-refractivity contribution in [3.63, 3.8) is 0 Å². The first-order valence-corrected chi connectivity index (χ1v) is 8.59. The highest BCUT2D eigenvalue weighted by molar-refractivity contribution is 14.0. The molecule has 0 spiro atoms. The molecule has 26 heavy (non-hydrogen) atoms. The van der Waals surface area contributed by atoms with E-state index in [1.165, 1.54) is 6.26 Å². The van der Waals surface area contributed by atoms with Gasteiger partial charge in [0.2, 0.25) is 0 Å². The van der Waals surface area contributed by atoms with Crippen molar-refractivity contribution in [1.29, 1.82) is 0 Å². The first kappa shape index (κ1) is 22.3. The van der Waals surface area contributed by atoms with E-state index in [1.807, 2.05) is 6.92 Å². The van der Waals surface area contributed by atoms with Crippen LogP contribution < -0.4 is 10.6 Å². The van der Waals surface area contributed by atoms with E-state index in [0.717, 1.165) is 25.3 Å². The van der Waals surface area contributed by atoms with Crippen LogP contribution in [-0.4, -0.2) is 62.6 Å². The van der Waals surface area contributed by atoms with E-state index < -0.39 is 0 Å². The van der Waals surface area contributed by atoms with Gasteiger partial charge in [-0.15, -0.1) is 24.0 Å². The van der Waals surface area contributed by atoms with E-state index in [1.54, 1.807) is 19.2 Å².